The number of alkyl halides is 3. The van der Waals surface area contributed by atoms with E-state index in [4.69, 9.17) is 4.55 Å². The van der Waals surface area contributed by atoms with E-state index in [0.29, 0.717) is 0 Å². The first-order chi connectivity index (χ1) is 3.85. The fourth-order valence-electron chi connectivity index (χ4n) is 0.130. The molecule has 1 N–H and O–H groups in total. The van der Waals surface area contributed by atoms with Crippen molar-refractivity contribution in [2.45, 2.75) is 11.9 Å². The van der Waals surface area contributed by atoms with Gasteiger partial charge in [0, 0.05) is 0 Å². The largest absolute Gasteiger partial charge is 0.303 e. The minimum Gasteiger partial charge on any atom is -0.283 e. The molecule has 0 aromatic rings. The maximum atomic E-state index is 11.4. The Labute approximate surface area is 49.2 Å². The Hall–Kier alpha value is -0.300. The second-order valence-electron chi connectivity index (χ2n) is 1.20. The number of halogens is 3. The van der Waals surface area contributed by atoms with Gasteiger partial charge in [-0.3, -0.25) is 4.55 Å². The summed E-state index contributed by atoms with van der Waals surface area (Å²) in [5.74, 6) is 0. The quantitative estimate of drug-likeness (QED) is 0.602. The van der Waals surface area contributed by atoms with Crippen molar-refractivity contribution in [1.29, 1.82) is 0 Å². The van der Waals surface area contributed by atoms with Crippen molar-refractivity contribution in [3.8, 4) is 0 Å². The molecule has 0 radical (unpaired) electrons. The van der Waals surface area contributed by atoms with E-state index in [1.54, 1.807) is 0 Å². The summed E-state index contributed by atoms with van der Waals surface area (Å²) in [5.41, 5.74) is -3.49. The molecule has 56 valence electrons. The van der Waals surface area contributed by atoms with Gasteiger partial charge in [0.1, 0.15) is 0 Å². The fourth-order valence-corrected chi connectivity index (χ4v) is 0.390. The van der Waals surface area contributed by atoms with E-state index in [1.165, 1.54) is 0 Å². The predicted octanol–water partition coefficient (Wildman–Crippen LogP) is 0.435. The Morgan fingerprint density at radius 3 is 1.56 bits per heavy atom. The van der Waals surface area contributed by atoms with Gasteiger partial charge < -0.3 is 0 Å². The molecule has 0 saturated heterocycles. The Morgan fingerprint density at radius 1 is 1.22 bits per heavy atom. The monoisotopic (exact) mass is 164 g/mol. The minimum atomic E-state index is -5.22. The molecule has 7 heteroatoms. The molecule has 0 spiro atoms. The summed E-state index contributed by atoms with van der Waals surface area (Å²) >= 11 is 0. The molecule has 1 unspecified atom stereocenters. The van der Waals surface area contributed by atoms with Crippen LogP contribution >= 0.6 is 0 Å². The van der Waals surface area contributed by atoms with Gasteiger partial charge in [-0.15, -0.1) is 0 Å². The van der Waals surface area contributed by atoms with Crippen molar-refractivity contribution in [2.75, 3.05) is 0 Å². The van der Waals surface area contributed by atoms with E-state index in [1.807, 2.05) is 0 Å². The van der Waals surface area contributed by atoms with Crippen LogP contribution in [0.15, 0.2) is 0 Å². The summed E-state index contributed by atoms with van der Waals surface area (Å²) < 4.78 is 60.0. The third-order valence-electron chi connectivity index (χ3n) is 0.483. The van der Waals surface area contributed by atoms with Gasteiger partial charge in [0.2, 0.25) is 0 Å². The molecule has 3 nitrogen and oxygen atoms in total. The second-order valence-corrected chi connectivity index (χ2v) is 2.68. The minimum absolute atomic E-state index is 3.49. The van der Waals surface area contributed by atoms with Crippen LogP contribution in [0, 0.1) is 0 Å². The Kier molecular flexibility index (Phi) is 2.44. The van der Waals surface area contributed by atoms with E-state index in [0.717, 1.165) is 0 Å². The maximum Gasteiger partial charge on any atom is 0.303 e. The van der Waals surface area contributed by atoms with Gasteiger partial charge in [0.05, 0.1) is 0 Å². The van der Waals surface area contributed by atoms with Crippen molar-refractivity contribution in [3.63, 3.8) is 0 Å². The summed E-state index contributed by atoms with van der Waals surface area (Å²) in [7, 11) is -5.22. The van der Waals surface area contributed by atoms with Crippen LogP contribution in [0.1, 0.15) is 0 Å². The molecule has 0 aliphatic heterocycles. The Bertz CT molecular complexity index is 173. The van der Waals surface area contributed by atoms with E-state index in [2.05, 4.69) is 0 Å². The van der Waals surface area contributed by atoms with E-state index in [9.17, 15) is 21.6 Å². The van der Waals surface area contributed by atoms with Crippen molar-refractivity contribution in [2.24, 2.45) is 0 Å². The highest BCUT2D eigenvalue weighted by Crippen LogP contribution is 2.10. The molecule has 0 aromatic heterocycles. The lowest BCUT2D eigenvalue weighted by atomic mass is 10.8. The second kappa shape index (κ2) is 2.53. The van der Waals surface area contributed by atoms with Gasteiger partial charge in [-0.2, -0.15) is 8.42 Å². The first kappa shape index (κ1) is 8.70. The molecule has 0 aliphatic carbocycles. The molecule has 0 bridgehead atoms. The van der Waals surface area contributed by atoms with Crippen molar-refractivity contribution >= 4 is 10.1 Å². The topological polar surface area (TPSA) is 54.4 Å². The van der Waals surface area contributed by atoms with Crippen LogP contribution in [-0.2, 0) is 10.1 Å². The SMILES string of the molecule is O=S(=O)(O)C(F)C(F)F. The van der Waals surface area contributed by atoms with E-state index >= 15 is 0 Å². The fraction of sp³-hybridized carbons (Fsp3) is 1.00. The first-order valence-corrected chi connectivity index (χ1v) is 3.24. The summed E-state index contributed by atoms with van der Waals surface area (Å²) in [5, 5.41) is 0. The summed E-state index contributed by atoms with van der Waals surface area (Å²) in [6.07, 6.45) is -3.69. The molecule has 0 heterocycles. The highest BCUT2D eigenvalue weighted by atomic mass is 32.2. The molecule has 0 saturated carbocycles. The highest BCUT2D eigenvalue weighted by Gasteiger charge is 2.31. The number of hydrogen-bond donors (Lipinski definition) is 1. The third-order valence-corrected chi connectivity index (χ3v) is 1.26. The normalized spacial score (nSPS) is 16.1. The van der Waals surface area contributed by atoms with Gasteiger partial charge >= 0.3 is 10.1 Å². The van der Waals surface area contributed by atoms with Crippen LogP contribution in [0.4, 0.5) is 13.2 Å². The molecule has 0 aromatic carbocycles. The lowest BCUT2D eigenvalue weighted by molar-refractivity contribution is 0.0859. The summed E-state index contributed by atoms with van der Waals surface area (Å²) in [6.45, 7) is 0. The van der Waals surface area contributed by atoms with Crippen molar-refractivity contribution < 1.29 is 26.1 Å². The zero-order valence-electron chi connectivity index (χ0n) is 3.96. The third kappa shape index (κ3) is 2.66. The zero-order chi connectivity index (χ0) is 7.65. The maximum absolute atomic E-state index is 11.4. The molecule has 0 aliphatic rings. The van der Waals surface area contributed by atoms with E-state index in [-0.39, 0.29) is 0 Å². The van der Waals surface area contributed by atoms with Gasteiger partial charge in [0.25, 0.3) is 11.9 Å². The summed E-state index contributed by atoms with van der Waals surface area (Å²) in [6, 6.07) is 0. The molecule has 0 fully saturated rings. The summed E-state index contributed by atoms with van der Waals surface area (Å²) in [4.78, 5) is 0. The smallest absolute Gasteiger partial charge is 0.283 e. The number of hydrogen-bond acceptors (Lipinski definition) is 2. The highest BCUT2D eigenvalue weighted by molar-refractivity contribution is 7.86. The molecular formula is C2H3F3O3S. The molecule has 9 heavy (non-hydrogen) atoms. The van der Waals surface area contributed by atoms with Gasteiger partial charge in [-0.05, 0) is 0 Å². The average molecular weight is 164 g/mol. The van der Waals surface area contributed by atoms with Gasteiger partial charge in [-0.25, -0.2) is 13.2 Å². The molecule has 0 rings (SSSR count). The first-order valence-electron chi connectivity index (χ1n) is 1.74. The van der Waals surface area contributed by atoms with Crippen LogP contribution in [0.2, 0.25) is 0 Å². The van der Waals surface area contributed by atoms with Crippen molar-refractivity contribution in [3.05, 3.63) is 0 Å². The predicted molar refractivity (Wildman–Crippen MR) is 22.4 cm³/mol. The van der Waals surface area contributed by atoms with Crippen molar-refractivity contribution in [1.82, 2.24) is 0 Å². The van der Waals surface area contributed by atoms with Gasteiger partial charge in [-0.1, -0.05) is 0 Å². The lowest BCUT2D eigenvalue weighted by Crippen LogP contribution is -2.22. The average Bonchev–Trinajstić information content (AvgIpc) is 1.62. The van der Waals surface area contributed by atoms with Crippen LogP contribution in [0.5, 0.6) is 0 Å². The number of rotatable bonds is 2. The van der Waals surface area contributed by atoms with Crippen LogP contribution in [0.25, 0.3) is 0 Å². The molecule has 0 amide bonds. The van der Waals surface area contributed by atoms with Gasteiger partial charge in [0.15, 0.2) is 0 Å². The lowest BCUT2D eigenvalue weighted by Gasteiger charge is -2.00. The van der Waals surface area contributed by atoms with Crippen LogP contribution in [-0.4, -0.2) is 24.9 Å². The molecular weight excluding hydrogens is 161 g/mol. The molecule has 1 atom stereocenters. The van der Waals surface area contributed by atoms with Crippen LogP contribution < -0.4 is 0 Å². The van der Waals surface area contributed by atoms with E-state index < -0.39 is 22.0 Å². The Morgan fingerprint density at radius 2 is 1.56 bits per heavy atom. The zero-order valence-corrected chi connectivity index (χ0v) is 4.78. The van der Waals surface area contributed by atoms with Crippen LogP contribution in [0.3, 0.4) is 0 Å². The Balaban J connectivity index is 4.24. The standard InChI is InChI=1S/C2H3F3O3S/c3-1(4)2(5)9(6,7)8/h1-2H,(H,6,7,8).